The van der Waals surface area contributed by atoms with Crippen molar-refractivity contribution in [1.82, 2.24) is 5.32 Å². The van der Waals surface area contributed by atoms with Crippen LogP contribution in [0.2, 0.25) is 0 Å². The molecule has 0 fully saturated rings. The summed E-state index contributed by atoms with van der Waals surface area (Å²) in [6.07, 6.45) is 2.95. The standard InChI is InChI=1S/C16H18BrNO5/c1-4-6-23-15-12(17)7-11(9-14(15)22-5-2)8-13(16(20)21)18-10(3)19/h4,7-9H,1,5-6H2,2-3H3,(H,18,19)(H,20,21)/b13-8+. The van der Waals surface area contributed by atoms with Gasteiger partial charge < -0.3 is 19.9 Å². The van der Waals surface area contributed by atoms with E-state index in [0.717, 1.165) is 0 Å². The predicted molar refractivity (Wildman–Crippen MR) is 90.4 cm³/mol. The van der Waals surface area contributed by atoms with Gasteiger partial charge in [0.05, 0.1) is 11.1 Å². The zero-order valence-corrected chi connectivity index (χ0v) is 14.5. The minimum Gasteiger partial charge on any atom is -0.490 e. The van der Waals surface area contributed by atoms with E-state index < -0.39 is 11.9 Å². The van der Waals surface area contributed by atoms with Gasteiger partial charge in [0.25, 0.3) is 0 Å². The number of nitrogens with one attached hydrogen (secondary N) is 1. The van der Waals surface area contributed by atoms with Crippen LogP contribution in [0, 0.1) is 0 Å². The lowest BCUT2D eigenvalue weighted by molar-refractivity contribution is -0.134. The number of benzene rings is 1. The zero-order valence-electron chi connectivity index (χ0n) is 12.9. The van der Waals surface area contributed by atoms with Gasteiger partial charge in [-0.25, -0.2) is 4.79 Å². The van der Waals surface area contributed by atoms with Crippen molar-refractivity contribution in [1.29, 1.82) is 0 Å². The number of carboxylic acids is 1. The monoisotopic (exact) mass is 383 g/mol. The minimum absolute atomic E-state index is 0.230. The van der Waals surface area contributed by atoms with E-state index in [2.05, 4.69) is 27.8 Å². The Balaban J connectivity index is 3.28. The van der Waals surface area contributed by atoms with E-state index in [4.69, 9.17) is 14.6 Å². The van der Waals surface area contributed by atoms with E-state index in [1.54, 1.807) is 18.2 Å². The van der Waals surface area contributed by atoms with Crippen LogP contribution in [0.5, 0.6) is 11.5 Å². The average Bonchev–Trinajstić information content (AvgIpc) is 2.45. The molecule has 0 aliphatic heterocycles. The number of hydrogen-bond donors (Lipinski definition) is 2. The van der Waals surface area contributed by atoms with Gasteiger partial charge in [-0.15, -0.1) is 0 Å². The lowest BCUT2D eigenvalue weighted by Gasteiger charge is -2.14. The van der Waals surface area contributed by atoms with E-state index in [1.165, 1.54) is 13.0 Å². The summed E-state index contributed by atoms with van der Waals surface area (Å²) < 4.78 is 11.7. The van der Waals surface area contributed by atoms with Gasteiger partial charge in [0, 0.05) is 6.92 Å². The van der Waals surface area contributed by atoms with Crippen molar-refractivity contribution in [3.05, 3.63) is 40.5 Å². The molecule has 1 aromatic carbocycles. The fraction of sp³-hybridized carbons (Fsp3) is 0.250. The van der Waals surface area contributed by atoms with Crippen LogP contribution in [0.3, 0.4) is 0 Å². The minimum atomic E-state index is -1.23. The molecule has 0 unspecified atom stereocenters. The van der Waals surface area contributed by atoms with Crippen LogP contribution >= 0.6 is 15.9 Å². The molecule has 1 rings (SSSR count). The van der Waals surface area contributed by atoms with Gasteiger partial charge in [-0.1, -0.05) is 12.7 Å². The molecule has 0 atom stereocenters. The maximum absolute atomic E-state index is 11.2. The largest absolute Gasteiger partial charge is 0.490 e. The van der Waals surface area contributed by atoms with Gasteiger partial charge >= 0.3 is 5.97 Å². The molecule has 23 heavy (non-hydrogen) atoms. The zero-order chi connectivity index (χ0) is 17.4. The molecule has 1 amide bonds. The fourth-order valence-corrected chi connectivity index (χ4v) is 2.30. The number of aliphatic carboxylic acids is 1. The quantitative estimate of drug-likeness (QED) is 0.532. The molecule has 124 valence electrons. The summed E-state index contributed by atoms with van der Waals surface area (Å²) in [6.45, 7) is 7.38. The Morgan fingerprint density at radius 3 is 2.61 bits per heavy atom. The Labute approximate surface area is 142 Å². The third kappa shape index (κ3) is 5.78. The Morgan fingerprint density at radius 1 is 1.39 bits per heavy atom. The van der Waals surface area contributed by atoms with E-state index in [0.29, 0.717) is 34.7 Å². The molecule has 0 aliphatic rings. The number of ether oxygens (including phenoxy) is 2. The second-order valence-corrected chi connectivity index (χ2v) is 5.26. The smallest absolute Gasteiger partial charge is 0.352 e. The van der Waals surface area contributed by atoms with Crippen molar-refractivity contribution >= 4 is 33.9 Å². The molecule has 1 aromatic rings. The third-order valence-electron chi connectivity index (χ3n) is 2.53. The number of amides is 1. The molecule has 0 spiro atoms. The third-order valence-corrected chi connectivity index (χ3v) is 3.12. The summed E-state index contributed by atoms with van der Waals surface area (Å²) in [7, 11) is 0. The molecular formula is C16H18BrNO5. The Morgan fingerprint density at radius 2 is 2.09 bits per heavy atom. The van der Waals surface area contributed by atoms with Gasteiger partial charge in [-0.05, 0) is 46.6 Å². The lowest BCUT2D eigenvalue weighted by atomic mass is 10.1. The highest BCUT2D eigenvalue weighted by Crippen LogP contribution is 2.37. The van der Waals surface area contributed by atoms with Crippen molar-refractivity contribution in [2.45, 2.75) is 13.8 Å². The van der Waals surface area contributed by atoms with E-state index in [-0.39, 0.29) is 5.70 Å². The maximum atomic E-state index is 11.2. The van der Waals surface area contributed by atoms with Crippen LogP contribution < -0.4 is 14.8 Å². The summed E-state index contributed by atoms with van der Waals surface area (Å²) in [5, 5.41) is 11.4. The molecule has 0 saturated heterocycles. The topological polar surface area (TPSA) is 84.9 Å². The molecule has 0 radical (unpaired) electrons. The Hall–Kier alpha value is -2.28. The van der Waals surface area contributed by atoms with Crippen LogP contribution in [0.1, 0.15) is 19.4 Å². The fourth-order valence-electron chi connectivity index (χ4n) is 1.72. The molecule has 0 saturated carbocycles. The van der Waals surface area contributed by atoms with Gasteiger partial charge in [-0.2, -0.15) is 0 Å². The number of carbonyl (C=O) groups excluding carboxylic acids is 1. The molecular weight excluding hydrogens is 366 g/mol. The number of halogens is 1. The first-order valence-electron chi connectivity index (χ1n) is 6.81. The second-order valence-electron chi connectivity index (χ2n) is 4.41. The van der Waals surface area contributed by atoms with Crippen LogP contribution in [0.4, 0.5) is 0 Å². The molecule has 2 N–H and O–H groups in total. The lowest BCUT2D eigenvalue weighted by Crippen LogP contribution is -2.24. The molecule has 0 bridgehead atoms. The molecule has 0 heterocycles. The number of hydrogen-bond acceptors (Lipinski definition) is 4. The highest BCUT2D eigenvalue weighted by atomic mass is 79.9. The molecule has 6 nitrogen and oxygen atoms in total. The Bertz CT molecular complexity index is 640. The van der Waals surface area contributed by atoms with Gasteiger partial charge in [-0.3, -0.25) is 4.79 Å². The predicted octanol–water partition coefficient (Wildman–Crippen LogP) is 2.97. The summed E-state index contributed by atoms with van der Waals surface area (Å²) in [4.78, 5) is 22.3. The highest BCUT2D eigenvalue weighted by molar-refractivity contribution is 9.10. The van der Waals surface area contributed by atoms with Crippen molar-refractivity contribution in [2.75, 3.05) is 13.2 Å². The normalized spacial score (nSPS) is 10.8. The highest BCUT2D eigenvalue weighted by Gasteiger charge is 2.14. The second kappa shape index (κ2) is 8.99. The molecule has 0 aliphatic carbocycles. The maximum Gasteiger partial charge on any atom is 0.352 e. The number of carboxylic acid groups (broad SMARTS) is 1. The summed E-state index contributed by atoms with van der Waals surface area (Å²) in [5.41, 5.74) is 0.309. The van der Waals surface area contributed by atoms with Crippen LogP contribution in [0.15, 0.2) is 35.0 Å². The summed E-state index contributed by atoms with van der Waals surface area (Å²) in [6, 6.07) is 3.31. The van der Waals surface area contributed by atoms with Crippen LogP contribution in [0.25, 0.3) is 6.08 Å². The number of carbonyl (C=O) groups is 2. The van der Waals surface area contributed by atoms with Gasteiger partial charge in [0.1, 0.15) is 12.3 Å². The van der Waals surface area contributed by atoms with Crippen LogP contribution in [-0.2, 0) is 9.59 Å². The first kappa shape index (κ1) is 18.8. The van der Waals surface area contributed by atoms with Crippen LogP contribution in [-0.4, -0.2) is 30.2 Å². The summed E-state index contributed by atoms with van der Waals surface area (Å²) in [5.74, 6) is -0.738. The van der Waals surface area contributed by atoms with Crippen molar-refractivity contribution in [3.8, 4) is 11.5 Å². The SMILES string of the molecule is C=CCOc1c(Br)cc(/C=C(/NC(C)=O)C(=O)O)cc1OCC. The van der Waals surface area contributed by atoms with Crippen molar-refractivity contribution < 1.29 is 24.2 Å². The van der Waals surface area contributed by atoms with Crippen molar-refractivity contribution in [2.24, 2.45) is 0 Å². The number of rotatable bonds is 8. The first-order valence-corrected chi connectivity index (χ1v) is 7.61. The van der Waals surface area contributed by atoms with Gasteiger partial charge in [0.15, 0.2) is 11.5 Å². The van der Waals surface area contributed by atoms with E-state index in [1.807, 2.05) is 6.92 Å². The van der Waals surface area contributed by atoms with Gasteiger partial charge in [0.2, 0.25) is 5.91 Å². The first-order chi connectivity index (χ1) is 10.9. The summed E-state index contributed by atoms with van der Waals surface area (Å²) >= 11 is 3.37. The van der Waals surface area contributed by atoms with Crippen molar-refractivity contribution in [3.63, 3.8) is 0 Å². The van der Waals surface area contributed by atoms with E-state index >= 15 is 0 Å². The molecule has 0 aromatic heterocycles. The molecule has 7 heteroatoms. The van der Waals surface area contributed by atoms with E-state index in [9.17, 15) is 9.59 Å². The average molecular weight is 384 g/mol. The Kier molecular flexibility index (Phi) is 7.34.